The summed E-state index contributed by atoms with van der Waals surface area (Å²) < 4.78 is 0. The first-order valence-corrected chi connectivity index (χ1v) is 4.15. The van der Waals surface area contributed by atoms with Crippen molar-refractivity contribution in [3.63, 3.8) is 0 Å². The third-order valence-corrected chi connectivity index (χ3v) is 2.48. The van der Waals surface area contributed by atoms with Gasteiger partial charge in [-0.3, -0.25) is 4.79 Å². The van der Waals surface area contributed by atoms with Crippen molar-refractivity contribution in [2.75, 3.05) is 6.61 Å². The quantitative estimate of drug-likeness (QED) is 0.583. The predicted octanol–water partition coefficient (Wildman–Crippen LogP) is 0.428. The lowest BCUT2D eigenvalue weighted by Crippen LogP contribution is -2.49. The average molecular weight is 157 g/mol. The van der Waals surface area contributed by atoms with Crippen LogP contribution in [0.15, 0.2) is 0 Å². The van der Waals surface area contributed by atoms with E-state index in [-0.39, 0.29) is 12.1 Å². The van der Waals surface area contributed by atoms with Crippen molar-refractivity contribution in [2.24, 2.45) is 0 Å². The van der Waals surface area contributed by atoms with Gasteiger partial charge in [-0.1, -0.05) is 19.3 Å². The summed E-state index contributed by atoms with van der Waals surface area (Å²) in [4.78, 5) is 10.2. The Balaban J connectivity index is 2.49. The molecule has 3 heteroatoms. The van der Waals surface area contributed by atoms with Crippen LogP contribution in [0.3, 0.4) is 0 Å². The molecule has 0 bridgehead atoms. The molecule has 1 fully saturated rings. The van der Waals surface area contributed by atoms with Crippen LogP contribution in [0.5, 0.6) is 0 Å². The number of carbonyl (C=O) groups is 1. The Morgan fingerprint density at radius 3 is 2.45 bits per heavy atom. The van der Waals surface area contributed by atoms with E-state index in [1.807, 2.05) is 0 Å². The summed E-state index contributed by atoms with van der Waals surface area (Å²) in [5.74, 6) is 0. The van der Waals surface area contributed by atoms with Crippen molar-refractivity contribution >= 4 is 6.41 Å². The maximum atomic E-state index is 10.2. The van der Waals surface area contributed by atoms with E-state index in [0.29, 0.717) is 6.41 Å². The van der Waals surface area contributed by atoms with Crippen LogP contribution in [-0.2, 0) is 4.79 Å². The molecule has 0 aliphatic heterocycles. The molecule has 1 amide bonds. The summed E-state index contributed by atoms with van der Waals surface area (Å²) in [6.07, 6.45) is 5.98. The van der Waals surface area contributed by atoms with Gasteiger partial charge in [-0.05, 0) is 12.8 Å². The second-order valence-electron chi connectivity index (χ2n) is 3.26. The molecule has 0 saturated heterocycles. The van der Waals surface area contributed by atoms with Crippen molar-refractivity contribution in [2.45, 2.75) is 37.6 Å². The van der Waals surface area contributed by atoms with Gasteiger partial charge in [0.05, 0.1) is 12.1 Å². The normalized spacial score (nSPS) is 22.6. The number of nitrogens with one attached hydrogen (secondary N) is 1. The third-order valence-electron chi connectivity index (χ3n) is 2.48. The van der Waals surface area contributed by atoms with Crippen LogP contribution in [0.2, 0.25) is 0 Å². The number of aliphatic hydroxyl groups excluding tert-OH is 1. The third kappa shape index (κ3) is 1.93. The molecule has 0 heterocycles. The molecule has 1 rings (SSSR count). The van der Waals surface area contributed by atoms with Crippen molar-refractivity contribution in [1.29, 1.82) is 0 Å². The number of carbonyl (C=O) groups excluding carboxylic acids is 1. The van der Waals surface area contributed by atoms with E-state index in [1.165, 1.54) is 6.42 Å². The van der Waals surface area contributed by atoms with E-state index in [4.69, 9.17) is 5.11 Å². The second kappa shape index (κ2) is 3.72. The number of hydrogen-bond acceptors (Lipinski definition) is 2. The molecule has 0 aromatic heterocycles. The lowest BCUT2D eigenvalue weighted by molar-refractivity contribution is -0.112. The summed E-state index contributed by atoms with van der Waals surface area (Å²) in [5.41, 5.74) is -0.292. The molecule has 3 nitrogen and oxygen atoms in total. The highest BCUT2D eigenvalue weighted by molar-refractivity contribution is 5.48. The van der Waals surface area contributed by atoms with Crippen LogP contribution in [0, 0.1) is 0 Å². The van der Waals surface area contributed by atoms with Gasteiger partial charge in [-0.25, -0.2) is 0 Å². The number of hydrogen-bond donors (Lipinski definition) is 2. The largest absolute Gasteiger partial charge is 0.394 e. The zero-order valence-corrected chi connectivity index (χ0v) is 6.68. The van der Waals surface area contributed by atoms with Crippen molar-refractivity contribution in [3.05, 3.63) is 0 Å². The van der Waals surface area contributed by atoms with Gasteiger partial charge < -0.3 is 10.4 Å². The SMILES string of the molecule is O=CNC1(CO)CCCCC1. The Morgan fingerprint density at radius 1 is 1.36 bits per heavy atom. The smallest absolute Gasteiger partial charge is 0.207 e. The zero-order chi connectivity index (χ0) is 8.16. The molecule has 0 radical (unpaired) electrons. The minimum absolute atomic E-state index is 0.0751. The highest BCUT2D eigenvalue weighted by Crippen LogP contribution is 2.26. The van der Waals surface area contributed by atoms with Crippen LogP contribution in [-0.4, -0.2) is 23.7 Å². The average Bonchev–Trinajstić information content (AvgIpc) is 2.07. The van der Waals surface area contributed by atoms with E-state index < -0.39 is 0 Å². The Bertz CT molecular complexity index is 130. The van der Waals surface area contributed by atoms with E-state index in [2.05, 4.69) is 5.32 Å². The molecular formula is C8H15NO2. The number of aliphatic hydroxyl groups is 1. The van der Waals surface area contributed by atoms with Crippen molar-refractivity contribution in [3.8, 4) is 0 Å². The fourth-order valence-electron chi connectivity index (χ4n) is 1.70. The molecule has 0 aromatic rings. The molecule has 0 atom stereocenters. The first kappa shape index (κ1) is 8.53. The van der Waals surface area contributed by atoms with Crippen LogP contribution in [0.1, 0.15) is 32.1 Å². The minimum Gasteiger partial charge on any atom is -0.394 e. The van der Waals surface area contributed by atoms with E-state index in [0.717, 1.165) is 25.7 Å². The first-order valence-electron chi connectivity index (χ1n) is 4.15. The molecule has 0 aromatic carbocycles. The number of rotatable bonds is 3. The Labute approximate surface area is 66.8 Å². The van der Waals surface area contributed by atoms with Crippen LogP contribution >= 0.6 is 0 Å². The summed E-state index contributed by atoms with van der Waals surface area (Å²) in [6.45, 7) is 0.0751. The molecule has 11 heavy (non-hydrogen) atoms. The highest BCUT2D eigenvalue weighted by atomic mass is 16.3. The summed E-state index contributed by atoms with van der Waals surface area (Å²) >= 11 is 0. The standard InChI is InChI=1S/C8H15NO2/c10-6-8(9-7-11)4-2-1-3-5-8/h7,10H,1-6H2,(H,9,11). The molecule has 1 saturated carbocycles. The van der Waals surface area contributed by atoms with Gasteiger partial charge in [0.15, 0.2) is 0 Å². The van der Waals surface area contributed by atoms with Crippen LogP contribution in [0.25, 0.3) is 0 Å². The molecular weight excluding hydrogens is 142 g/mol. The van der Waals surface area contributed by atoms with E-state index >= 15 is 0 Å². The maximum absolute atomic E-state index is 10.2. The van der Waals surface area contributed by atoms with Gasteiger partial charge in [-0.2, -0.15) is 0 Å². The predicted molar refractivity (Wildman–Crippen MR) is 42.1 cm³/mol. The molecule has 2 N–H and O–H groups in total. The molecule has 0 unspecified atom stereocenters. The highest BCUT2D eigenvalue weighted by Gasteiger charge is 2.30. The van der Waals surface area contributed by atoms with Crippen molar-refractivity contribution in [1.82, 2.24) is 5.32 Å². The lowest BCUT2D eigenvalue weighted by Gasteiger charge is -2.34. The molecule has 1 aliphatic carbocycles. The molecule has 64 valence electrons. The van der Waals surface area contributed by atoms with Gasteiger partial charge >= 0.3 is 0 Å². The zero-order valence-electron chi connectivity index (χ0n) is 6.68. The van der Waals surface area contributed by atoms with Gasteiger partial charge in [0.1, 0.15) is 0 Å². The topological polar surface area (TPSA) is 49.3 Å². The Kier molecular flexibility index (Phi) is 2.88. The number of amides is 1. The van der Waals surface area contributed by atoms with Gasteiger partial charge in [0, 0.05) is 0 Å². The second-order valence-corrected chi connectivity index (χ2v) is 3.26. The summed E-state index contributed by atoms with van der Waals surface area (Å²) in [5, 5.41) is 11.8. The fraction of sp³-hybridized carbons (Fsp3) is 0.875. The van der Waals surface area contributed by atoms with Crippen LogP contribution in [0.4, 0.5) is 0 Å². The maximum Gasteiger partial charge on any atom is 0.207 e. The van der Waals surface area contributed by atoms with Crippen LogP contribution < -0.4 is 5.32 Å². The first-order chi connectivity index (χ1) is 5.33. The van der Waals surface area contributed by atoms with E-state index in [9.17, 15) is 4.79 Å². The minimum atomic E-state index is -0.292. The Morgan fingerprint density at radius 2 is 2.00 bits per heavy atom. The van der Waals surface area contributed by atoms with Gasteiger partial charge in [0.2, 0.25) is 6.41 Å². The fourth-order valence-corrected chi connectivity index (χ4v) is 1.70. The lowest BCUT2D eigenvalue weighted by atomic mass is 9.82. The molecule has 1 aliphatic rings. The molecule has 0 spiro atoms. The van der Waals surface area contributed by atoms with Crippen molar-refractivity contribution < 1.29 is 9.90 Å². The van der Waals surface area contributed by atoms with E-state index in [1.54, 1.807) is 0 Å². The Hall–Kier alpha value is -0.570. The summed E-state index contributed by atoms with van der Waals surface area (Å²) in [7, 11) is 0. The monoisotopic (exact) mass is 157 g/mol. The summed E-state index contributed by atoms with van der Waals surface area (Å²) in [6, 6.07) is 0. The van der Waals surface area contributed by atoms with Gasteiger partial charge in [0.25, 0.3) is 0 Å². The van der Waals surface area contributed by atoms with Gasteiger partial charge in [-0.15, -0.1) is 0 Å².